The Bertz CT molecular complexity index is 242. The van der Waals surface area contributed by atoms with Crippen molar-refractivity contribution < 1.29 is 8.42 Å². The number of aliphatic imine (C=N–C) groups is 1. The molecule has 1 N–H and O–H groups in total. The Kier molecular flexibility index (Phi) is 1.94. The van der Waals surface area contributed by atoms with Gasteiger partial charge in [0, 0.05) is 13.0 Å². The van der Waals surface area contributed by atoms with Gasteiger partial charge >= 0.3 is 0 Å². The van der Waals surface area contributed by atoms with Crippen molar-refractivity contribution in [2.45, 2.75) is 12.8 Å². The highest BCUT2D eigenvalue weighted by atomic mass is 32.2. The maximum absolute atomic E-state index is 10.6. The van der Waals surface area contributed by atoms with Gasteiger partial charge in [0.25, 0.3) is 0 Å². The Labute approximate surface area is 60.4 Å². The molecule has 1 aliphatic rings. The molecule has 0 saturated heterocycles. The van der Waals surface area contributed by atoms with Crippen LogP contribution in [0.1, 0.15) is 12.8 Å². The Morgan fingerprint density at radius 1 is 1.60 bits per heavy atom. The molecule has 0 amide bonds. The molecule has 0 saturated carbocycles. The van der Waals surface area contributed by atoms with E-state index in [1.165, 1.54) is 0 Å². The van der Waals surface area contributed by atoms with Crippen LogP contribution in [-0.2, 0) is 10.0 Å². The predicted octanol–water partition coefficient (Wildman–Crippen LogP) is -0.272. The third-order valence-corrected chi connectivity index (χ3v) is 1.78. The van der Waals surface area contributed by atoms with Gasteiger partial charge in [0.1, 0.15) is 5.84 Å². The van der Waals surface area contributed by atoms with Crippen LogP contribution in [-0.4, -0.2) is 27.1 Å². The normalized spacial score (nSPS) is 18.7. The third kappa shape index (κ3) is 2.34. The number of hydrogen-bond donors (Lipinski definition) is 1. The van der Waals surface area contributed by atoms with Crippen molar-refractivity contribution in [2.24, 2.45) is 4.99 Å². The van der Waals surface area contributed by atoms with E-state index in [2.05, 4.69) is 9.71 Å². The lowest BCUT2D eigenvalue weighted by Crippen LogP contribution is -2.27. The Hall–Kier alpha value is -0.580. The van der Waals surface area contributed by atoms with Crippen LogP contribution in [0.2, 0.25) is 0 Å². The van der Waals surface area contributed by atoms with Gasteiger partial charge in [-0.05, 0) is 6.42 Å². The lowest BCUT2D eigenvalue weighted by atomic mass is 10.3. The highest BCUT2D eigenvalue weighted by Gasteiger charge is 2.09. The maximum atomic E-state index is 10.6. The molecule has 10 heavy (non-hydrogen) atoms. The van der Waals surface area contributed by atoms with Gasteiger partial charge in [-0.2, -0.15) is 0 Å². The first-order valence-corrected chi connectivity index (χ1v) is 4.98. The topological polar surface area (TPSA) is 58.5 Å². The van der Waals surface area contributed by atoms with Crippen LogP contribution < -0.4 is 4.72 Å². The number of nitrogens with zero attached hydrogens (tertiary/aromatic N) is 1. The number of nitrogens with one attached hydrogen (secondary N) is 1. The molecule has 1 rings (SSSR count). The molecular weight excluding hydrogens is 152 g/mol. The monoisotopic (exact) mass is 162 g/mol. The average Bonchev–Trinajstić information content (AvgIpc) is 2.12. The average molecular weight is 162 g/mol. The van der Waals surface area contributed by atoms with Crippen molar-refractivity contribution in [1.82, 2.24) is 4.72 Å². The minimum atomic E-state index is -3.09. The zero-order chi connectivity index (χ0) is 7.61. The number of rotatable bonds is 1. The molecule has 0 unspecified atom stereocenters. The summed E-state index contributed by atoms with van der Waals surface area (Å²) in [6.07, 6.45) is 2.85. The lowest BCUT2D eigenvalue weighted by molar-refractivity contribution is 0.598. The van der Waals surface area contributed by atoms with Crippen molar-refractivity contribution in [3.8, 4) is 0 Å². The third-order valence-electron chi connectivity index (χ3n) is 1.18. The van der Waals surface area contributed by atoms with E-state index in [0.717, 1.165) is 25.6 Å². The molecule has 1 heterocycles. The smallest absolute Gasteiger partial charge is 0.230 e. The predicted molar refractivity (Wildman–Crippen MR) is 39.5 cm³/mol. The summed E-state index contributed by atoms with van der Waals surface area (Å²) in [6.45, 7) is 0.748. The minimum Gasteiger partial charge on any atom is -0.272 e. The molecule has 0 aromatic rings. The molecule has 0 aromatic carbocycles. The van der Waals surface area contributed by atoms with Crippen molar-refractivity contribution in [1.29, 1.82) is 0 Å². The highest BCUT2D eigenvalue weighted by molar-refractivity contribution is 7.89. The van der Waals surface area contributed by atoms with Gasteiger partial charge in [-0.25, -0.2) is 8.42 Å². The zero-order valence-corrected chi connectivity index (χ0v) is 6.61. The Balaban J connectivity index is 2.54. The van der Waals surface area contributed by atoms with Crippen LogP contribution in [0.15, 0.2) is 4.99 Å². The van der Waals surface area contributed by atoms with Crippen molar-refractivity contribution >= 4 is 15.9 Å². The van der Waals surface area contributed by atoms with Gasteiger partial charge in [0.05, 0.1) is 6.26 Å². The molecule has 0 fully saturated rings. The summed E-state index contributed by atoms with van der Waals surface area (Å²) in [5, 5.41) is 0. The molecule has 0 aromatic heterocycles. The first-order valence-electron chi connectivity index (χ1n) is 3.09. The van der Waals surface area contributed by atoms with E-state index >= 15 is 0 Å². The molecule has 1 aliphatic heterocycles. The first kappa shape index (κ1) is 7.53. The standard InChI is InChI=1S/C5H10N2O2S/c1-10(8,9)7-5-3-2-4-6-5/h2-4H2,1H3,(H,6,7). The van der Waals surface area contributed by atoms with E-state index in [1.807, 2.05) is 0 Å². The summed E-state index contributed by atoms with van der Waals surface area (Å²) in [6, 6.07) is 0. The van der Waals surface area contributed by atoms with E-state index in [4.69, 9.17) is 0 Å². The van der Waals surface area contributed by atoms with Gasteiger partial charge in [-0.1, -0.05) is 0 Å². The van der Waals surface area contributed by atoms with Crippen LogP contribution >= 0.6 is 0 Å². The summed E-state index contributed by atoms with van der Waals surface area (Å²) < 4.78 is 23.5. The van der Waals surface area contributed by atoms with Crippen LogP contribution in [0.5, 0.6) is 0 Å². The SMILES string of the molecule is CS(=O)(=O)NC1=NCCC1. The van der Waals surface area contributed by atoms with Gasteiger partial charge in [0.2, 0.25) is 10.0 Å². The van der Waals surface area contributed by atoms with Gasteiger partial charge < -0.3 is 0 Å². The highest BCUT2D eigenvalue weighted by Crippen LogP contribution is 2.01. The maximum Gasteiger partial charge on any atom is 0.230 e. The Morgan fingerprint density at radius 2 is 2.30 bits per heavy atom. The second-order valence-corrected chi connectivity index (χ2v) is 4.05. The van der Waals surface area contributed by atoms with E-state index in [1.54, 1.807) is 0 Å². The quantitative estimate of drug-likeness (QED) is 0.577. The number of hydrogen-bond acceptors (Lipinski definition) is 3. The second kappa shape index (κ2) is 2.57. The fourth-order valence-corrected chi connectivity index (χ4v) is 1.43. The molecular formula is C5H10N2O2S. The summed E-state index contributed by atoms with van der Waals surface area (Å²) in [5.74, 6) is 0.600. The van der Waals surface area contributed by atoms with Crippen molar-refractivity contribution in [2.75, 3.05) is 12.8 Å². The van der Waals surface area contributed by atoms with E-state index < -0.39 is 10.0 Å². The van der Waals surface area contributed by atoms with Gasteiger partial charge in [-0.15, -0.1) is 0 Å². The van der Waals surface area contributed by atoms with E-state index in [9.17, 15) is 8.42 Å². The number of amidine groups is 1. The fraction of sp³-hybridized carbons (Fsp3) is 0.800. The van der Waals surface area contributed by atoms with Crippen LogP contribution in [0, 0.1) is 0 Å². The summed E-state index contributed by atoms with van der Waals surface area (Å²) >= 11 is 0. The molecule has 4 nitrogen and oxygen atoms in total. The number of sulfonamides is 1. The fourth-order valence-electron chi connectivity index (χ4n) is 0.837. The summed E-state index contributed by atoms with van der Waals surface area (Å²) in [4.78, 5) is 3.95. The second-order valence-electron chi connectivity index (χ2n) is 2.31. The lowest BCUT2D eigenvalue weighted by Gasteiger charge is -1.99. The van der Waals surface area contributed by atoms with Crippen LogP contribution in [0.3, 0.4) is 0 Å². The van der Waals surface area contributed by atoms with Gasteiger partial charge in [0.15, 0.2) is 0 Å². The molecule has 0 spiro atoms. The van der Waals surface area contributed by atoms with Crippen LogP contribution in [0.25, 0.3) is 0 Å². The van der Waals surface area contributed by atoms with Gasteiger partial charge in [-0.3, -0.25) is 9.71 Å². The minimum absolute atomic E-state index is 0.600. The largest absolute Gasteiger partial charge is 0.272 e. The zero-order valence-electron chi connectivity index (χ0n) is 5.79. The Morgan fingerprint density at radius 3 is 2.70 bits per heavy atom. The first-order chi connectivity index (χ1) is 4.58. The van der Waals surface area contributed by atoms with Crippen LogP contribution in [0.4, 0.5) is 0 Å². The molecule has 58 valence electrons. The summed E-state index contributed by atoms with van der Waals surface area (Å²) in [5.41, 5.74) is 0. The molecule has 5 heteroatoms. The van der Waals surface area contributed by atoms with E-state index in [0.29, 0.717) is 5.84 Å². The molecule has 0 radical (unpaired) electrons. The van der Waals surface area contributed by atoms with E-state index in [-0.39, 0.29) is 0 Å². The molecule has 0 bridgehead atoms. The molecule has 0 atom stereocenters. The van der Waals surface area contributed by atoms with Crippen molar-refractivity contribution in [3.05, 3.63) is 0 Å². The summed E-state index contributed by atoms with van der Waals surface area (Å²) in [7, 11) is -3.09. The molecule has 0 aliphatic carbocycles. The van der Waals surface area contributed by atoms with Crippen molar-refractivity contribution in [3.63, 3.8) is 0 Å².